The van der Waals surface area contributed by atoms with Gasteiger partial charge in [-0.1, -0.05) is 90.4 Å². The van der Waals surface area contributed by atoms with Crippen LogP contribution in [-0.2, 0) is 13.6 Å². The Balaban J connectivity index is 1.53. The second kappa shape index (κ2) is 16.7. The minimum atomic E-state index is -0.483. The number of benzene rings is 1. The number of anilines is 1. The molecule has 0 aliphatic rings. The maximum Gasteiger partial charge on any atom is 0.329 e. The molecule has 0 aliphatic carbocycles. The fourth-order valence-electron chi connectivity index (χ4n) is 5.03. The third-order valence-electron chi connectivity index (χ3n) is 7.57. The van der Waals surface area contributed by atoms with Gasteiger partial charge in [0.05, 0.1) is 12.8 Å². The molecule has 0 fully saturated rings. The SMILES string of the molecule is CCCCCCCCCCCCCCCCn1c(N/N=C(\C)c2ccc(OC)cc2)nc2c1c(=O)[nH]c(=O)n2C. The highest BCUT2D eigenvalue weighted by Crippen LogP contribution is 2.19. The van der Waals surface area contributed by atoms with Gasteiger partial charge in [0.2, 0.25) is 5.95 Å². The van der Waals surface area contributed by atoms with Gasteiger partial charge < -0.3 is 9.30 Å². The Bertz CT molecular complexity index is 1320. The average Bonchev–Trinajstić information content (AvgIpc) is 3.34. The molecule has 0 radical (unpaired) electrons. The van der Waals surface area contributed by atoms with Gasteiger partial charge >= 0.3 is 5.69 Å². The van der Waals surface area contributed by atoms with Crippen molar-refractivity contribution in [1.82, 2.24) is 19.1 Å². The number of H-pyrrole nitrogens is 1. The Morgan fingerprint density at radius 3 is 2.00 bits per heavy atom. The minimum absolute atomic E-state index is 0.346. The molecule has 220 valence electrons. The maximum absolute atomic E-state index is 12.7. The van der Waals surface area contributed by atoms with Crippen molar-refractivity contribution in [2.45, 2.75) is 110 Å². The summed E-state index contributed by atoms with van der Waals surface area (Å²) >= 11 is 0. The number of aryl methyl sites for hydroxylation is 2. The third kappa shape index (κ3) is 9.10. The lowest BCUT2D eigenvalue weighted by Gasteiger charge is -2.09. The number of unbranched alkanes of at least 4 members (excludes halogenated alkanes) is 13. The number of hydrazone groups is 1. The van der Waals surface area contributed by atoms with E-state index in [4.69, 9.17) is 4.74 Å². The van der Waals surface area contributed by atoms with Crippen molar-refractivity contribution in [1.29, 1.82) is 0 Å². The van der Waals surface area contributed by atoms with Crippen LogP contribution in [0.25, 0.3) is 11.2 Å². The topological polar surface area (TPSA) is 106 Å². The largest absolute Gasteiger partial charge is 0.497 e. The molecule has 0 spiro atoms. The molecule has 0 saturated carbocycles. The summed E-state index contributed by atoms with van der Waals surface area (Å²) in [5.41, 5.74) is 4.56. The van der Waals surface area contributed by atoms with E-state index < -0.39 is 11.2 Å². The first-order chi connectivity index (χ1) is 19.5. The molecule has 3 rings (SSSR count). The summed E-state index contributed by atoms with van der Waals surface area (Å²) in [5, 5.41) is 4.52. The van der Waals surface area contributed by atoms with Crippen molar-refractivity contribution >= 4 is 22.8 Å². The predicted molar refractivity (Wildman–Crippen MR) is 165 cm³/mol. The number of aromatic nitrogens is 4. The van der Waals surface area contributed by atoms with Crippen molar-refractivity contribution in [2.24, 2.45) is 12.1 Å². The number of methoxy groups -OCH3 is 1. The van der Waals surface area contributed by atoms with E-state index in [0.717, 1.165) is 29.9 Å². The molecule has 9 heteroatoms. The molecule has 2 heterocycles. The molecule has 0 bridgehead atoms. The lowest BCUT2D eigenvalue weighted by atomic mass is 10.0. The molecular formula is C31H48N6O3. The highest BCUT2D eigenvalue weighted by Gasteiger charge is 2.17. The van der Waals surface area contributed by atoms with Crippen LogP contribution in [0.5, 0.6) is 5.75 Å². The smallest absolute Gasteiger partial charge is 0.329 e. The van der Waals surface area contributed by atoms with Gasteiger partial charge in [0, 0.05) is 13.6 Å². The summed E-state index contributed by atoms with van der Waals surface area (Å²) in [6.45, 7) is 4.79. The number of rotatable bonds is 19. The minimum Gasteiger partial charge on any atom is -0.497 e. The number of nitrogens with one attached hydrogen (secondary N) is 2. The van der Waals surface area contributed by atoms with E-state index in [0.29, 0.717) is 23.7 Å². The molecule has 2 N–H and O–H groups in total. The zero-order chi connectivity index (χ0) is 28.7. The quantitative estimate of drug-likeness (QED) is 0.0972. The normalized spacial score (nSPS) is 11.8. The van der Waals surface area contributed by atoms with Crippen LogP contribution in [-0.4, -0.2) is 31.9 Å². The molecule has 0 aliphatic heterocycles. The molecule has 3 aromatic rings. The molecule has 2 aromatic heterocycles. The monoisotopic (exact) mass is 552 g/mol. The number of hydrogen-bond donors (Lipinski definition) is 2. The Morgan fingerprint density at radius 2 is 1.45 bits per heavy atom. The molecule has 0 amide bonds. The Hall–Kier alpha value is -3.36. The van der Waals surface area contributed by atoms with Crippen molar-refractivity contribution in [3.63, 3.8) is 0 Å². The summed E-state index contributed by atoms with van der Waals surface area (Å²) in [4.78, 5) is 31.9. The maximum atomic E-state index is 12.7. The number of fused-ring (bicyclic) bond motifs is 1. The van der Waals surface area contributed by atoms with Crippen molar-refractivity contribution in [3.8, 4) is 5.75 Å². The van der Waals surface area contributed by atoms with E-state index in [1.807, 2.05) is 35.8 Å². The summed E-state index contributed by atoms with van der Waals surface area (Å²) in [5.74, 6) is 1.23. The molecule has 0 unspecified atom stereocenters. The van der Waals surface area contributed by atoms with Crippen LogP contribution in [0.3, 0.4) is 0 Å². The summed E-state index contributed by atoms with van der Waals surface area (Å²) in [6.07, 6.45) is 18.0. The van der Waals surface area contributed by atoms with Crippen LogP contribution >= 0.6 is 0 Å². The van der Waals surface area contributed by atoms with Gasteiger partial charge in [-0.25, -0.2) is 10.2 Å². The van der Waals surface area contributed by atoms with Gasteiger partial charge in [-0.15, -0.1) is 0 Å². The van der Waals surface area contributed by atoms with Gasteiger partial charge in [-0.3, -0.25) is 14.3 Å². The second-order valence-electron chi connectivity index (χ2n) is 10.7. The van der Waals surface area contributed by atoms with E-state index in [2.05, 4.69) is 27.4 Å². The van der Waals surface area contributed by atoms with E-state index in [1.54, 1.807) is 14.2 Å². The number of hydrogen-bond acceptors (Lipinski definition) is 6. The van der Waals surface area contributed by atoms with Gasteiger partial charge in [-0.05, 0) is 43.2 Å². The van der Waals surface area contributed by atoms with Crippen LogP contribution in [0.15, 0.2) is 39.0 Å². The zero-order valence-corrected chi connectivity index (χ0v) is 24.9. The zero-order valence-electron chi connectivity index (χ0n) is 24.9. The van der Waals surface area contributed by atoms with Crippen molar-refractivity contribution in [3.05, 3.63) is 50.7 Å². The van der Waals surface area contributed by atoms with E-state index >= 15 is 0 Å². The van der Waals surface area contributed by atoms with E-state index in [9.17, 15) is 9.59 Å². The van der Waals surface area contributed by atoms with Gasteiger partial charge in [0.25, 0.3) is 5.56 Å². The molecule has 0 atom stereocenters. The van der Waals surface area contributed by atoms with Crippen LogP contribution in [0.4, 0.5) is 5.95 Å². The van der Waals surface area contributed by atoms with Gasteiger partial charge in [-0.2, -0.15) is 10.1 Å². The first-order valence-corrected chi connectivity index (χ1v) is 15.1. The molecule has 9 nitrogen and oxygen atoms in total. The molecule has 0 saturated heterocycles. The van der Waals surface area contributed by atoms with Crippen LogP contribution in [0.1, 0.15) is 109 Å². The van der Waals surface area contributed by atoms with E-state index in [-0.39, 0.29) is 0 Å². The summed E-state index contributed by atoms with van der Waals surface area (Å²) < 4.78 is 8.44. The fourth-order valence-corrected chi connectivity index (χ4v) is 5.03. The molecular weight excluding hydrogens is 504 g/mol. The fraction of sp³-hybridized carbons (Fsp3) is 0.613. The van der Waals surface area contributed by atoms with Crippen molar-refractivity contribution in [2.75, 3.05) is 12.5 Å². The lowest BCUT2D eigenvalue weighted by molar-refractivity contribution is 0.415. The summed E-state index contributed by atoms with van der Waals surface area (Å²) in [6, 6.07) is 7.64. The number of aromatic amines is 1. The highest BCUT2D eigenvalue weighted by molar-refractivity contribution is 5.99. The first kappa shape index (κ1) is 31.2. The van der Waals surface area contributed by atoms with Gasteiger partial charge in [0.1, 0.15) is 5.75 Å². The van der Waals surface area contributed by atoms with Crippen LogP contribution in [0, 0.1) is 0 Å². The molecule has 1 aromatic carbocycles. The number of ether oxygens (including phenoxy) is 1. The Morgan fingerprint density at radius 1 is 0.900 bits per heavy atom. The first-order valence-electron chi connectivity index (χ1n) is 15.1. The van der Waals surface area contributed by atoms with Gasteiger partial charge in [0.15, 0.2) is 11.2 Å². The highest BCUT2D eigenvalue weighted by atomic mass is 16.5. The molecule has 40 heavy (non-hydrogen) atoms. The third-order valence-corrected chi connectivity index (χ3v) is 7.57. The average molecular weight is 553 g/mol. The standard InChI is InChI=1S/C31H48N6O3/c1-5-6-7-8-9-10-11-12-13-14-15-16-17-18-23-37-27-28(36(3)31(39)33-29(27)38)32-30(37)35-34-24(2)25-19-21-26(40-4)22-20-25/h19-22H,5-18,23H2,1-4H3,(H,32,35)(H,33,38,39)/b34-24+. The second-order valence-corrected chi connectivity index (χ2v) is 10.7. The van der Waals surface area contributed by atoms with Crippen LogP contribution in [0.2, 0.25) is 0 Å². The van der Waals surface area contributed by atoms with Crippen LogP contribution < -0.4 is 21.4 Å². The number of nitrogens with zero attached hydrogens (tertiary/aromatic N) is 4. The lowest BCUT2D eigenvalue weighted by Crippen LogP contribution is -2.29. The predicted octanol–water partition coefficient (Wildman–Crippen LogP) is 6.75. The Labute approximate surface area is 238 Å². The van der Waals surface area contributed by atoms with E-state index in [1.165, 1.54) is 81.6 Å². The summed E-state index contributed by atoms with van der Waals surface area (Å²) in [7, 11) is 3.25. The van der Waals surface area contributed by atoms with Crippen molar-refractivity contribution < 1.29 is 4.74 Å². The number of imidazole rings is 1. The Kier molecular flexibility index (Phi) is 13.0.